The highest BCUT2D eigenvalue weighted by molar-refractivity contribution is 5.93. The third kappa shape index (κ3) is 3.28. The van der Waals surface area contributed by atoms with E-state index in [0.717, 1.165) is 43.0 Å². The number of anilines is 1. The van der Waals surface area contributed by atoms with Gasteiger partial charge in [0.15, 0.2) is 0 Å². The number of carboxylic acid groups (broad SMARTS) is 1. The lowest BCUT2D eigenvalue weighted by Crippen LogP contribution is -2.24. The van der Waals surface area contributed by atoms with Crippen molar-refractivity contribution >= 4 is 11.8 Å². The van der Waals surface area contributed by atoms with E-state index >= 15 is 0 Å². The number of pyridine rings is 1. The molecule has 0 amide bonds. The van der Waals surface area contributed by atoms with Crippen molar-refractivity contribution in [3.05, 3.63) is 58.3 Å². The van der Waals surface area contributed by atoms with Crippen LogP contribution >= 0.6 is 0 Å². The summed E-state index contributed by atoms with van der Waals surface area (Å²) in [7, 11) is 0. The van der Waals surface area contributed by atoms with Crippen LogP contribution in [0.1, 0.15) is 40.0 Å². The molecule has 0 bridgehead atoms. The summed E-state index contributed by atoms with van der Waals surface area (Å²) in [4.78, 5) is 18.3. The maximum absolute atomic E-state index is 13.4. The van der Waals surface area contributed by atoms with Gasteiger partial charge in [0.1, 0.15) is 23.0 Å². The van der Waals surface area contributed by atoms with Gasteiger partial charge < -0.3 is 10.0 Å². The molecule has 1 atom stereocenters. The largest absolute Gasteiger partial charge is 0.478 e. The molecule has 1 unspecified atom stereocenters. The number of carbonyl (C=O) groups is 1. The van der Waals surface area contributed by atoms with Gasteiger partial charge in [0.05, 0.1) is 0 Å². The maximum Gasteiger partial charge on any atom is 0.339 e. The molecule has 1 aliphatic carbocycles. The van der Waals surface area contributed by atoms with Crippen molar-refractivity contribution in [2.24, 2.45) is 5.92 Å². The lowest BCUT2D eigenvalue weighted by molar-refractivity contribution is 0.0697. The summed E-state index contributed by atoms with van der Waals surface area (Å²) in [6, 6.07) is 5.37. The first-order chi connectivity index (χ1) is 12.5. The van der Waals surface area contributed by atoms with Crippen LogP contribution in [0.2, 0.25) is 0 Å². The molecule has 0 radical (unpaired) electrons. The SMILES string of the molecule is O=C(O)c1cc2c(nc1N1CCC(Cc3cc(F)cc(F)c3)C1)CCC2. The summed E-state index contributed by atoms with van der Waals surface area (Å²) in [6.07, 6.45) is 4.20. The number of hydrogen-bond donors (Lipinski definition) is 1. The predicted molar refractivity (Wildman–Crippen MR) is 93.6 cm³/mol. The van der Waals surface area contributed by atoms with Crippen molar-refractivity contribution < 1.29 is 18.7 Å². The fourth-order valence-corrected chi connectivity index (χ4v) is 4.11. The van der Waals surface area contributed by atoms with Crippen LogP contribution in [0, 0.1) is 17.6 Å². The minimum Gasteiger partial charge on any atom is -0.478 e. The van der Waals surface area contributed by atoms with Gasteiger partial charge in [0.2, 0.25) is 0 Å². The number of nitrogens with zero attached hydrogens (tertiary/aromatic N) is 2. The zero-order valence-corrected chi connectivity index (χ0v) is 14.3. The Morgan fingerprint density at radius 1 is 1.19 bits per heavy atom. The number of aromatic carboxylic acids is 1. The molecule has 1 aromatic heterocycles. The molecule has 1 fully saturated rings. The second-order valence-electron chi connectivity index (χ2n) is 7.21. The Hall–Kier alpha value is -2.50. The molecule has 4 rings (SSSR count). The fourth-order valence-electron chi connectivity index (χ4n) is 4.11. The molecule has 1 N–H and O–H groups in total. The third-order valence-corrected chi connectivity index (χ3v) is 5.29. The second kappa shape index (κ2) is 6.67. The molecule has 1 aliphatic heterocycles. The number of halogens is 2. The highest BCUT2D eigenvalue weighted by atomic mass is 19.1. The molecular weight excluding hydrogens is 338 g/mol. The maximum atomic E-state index is 13.4. The van der Waals surface area contributed by atoms with Crippen LogP contribution in [-0.4, -0.2) is 29.1 Å². The summed E-state index contributed by atoms with van der Waals surface area (Å²) in [5.41, 5.74) is 2.93. The number of hydrogen-bond acceptors (Lipinski definition) is 3. The Labute approximate surface area is 150 Å². The van der Waals surface area contributed by atoms with Gasteiger partial charge in [-0.15, -0.1) is 0 Å². The van der Waals surface area contributed by atoms with Gasteiger partial charge >= 0.3 is 5.97 Å². The van der Waals surface area contributed by atoms with Crippen molar-refractivity contribution in [1.82, 2.24) is 4.98 Å². The summed E-state index contributed by atoms with van der Waals surface area (Å²) < 4.78 is 26.8. The first-order valence-corrected chi connectivity index (χ1v) is 8.95. The molecule has 2 heterocycles. The first kappa shape index (κ1) is 16.9. The van der Waals surface area contributed by atoms with E-state index in [-0.39, 0.29) is 11.5 Å². The van der Waals surface area contributed by atoms with Crippen LogP contribution in [0.4, 0.5) is 14.6 Å². The van der Waals surface area contributed by atoms with E-state index < -0.39 is 17.6 Å². The molecule has 0 saturated carbocycles. The van der Waals surface area contributed by atoms with Gasteiger partial charge in [-0.25, -0.2) is 18.6 Å². The van der Waals surface area contributed by atoms with Crippen molar-refractivity contribution in [2.45, 2.75) is 32.1 Å². The molecule has 2 aliphatic rings. The van der Waals surface area contributed by atoms with E-state index in [1.165, 1.54) is 12.1 Å². The average molecular weight is 358 g/mol. The van der Waals surface area contributed by atoms with Crippen molar-refractivity contribution in [3.8, 4) is 0 Å². The van der Waals surface area contributed by atoms with Gasteiger partial charge in [0, 0.05) is 24.8 Å². The molecule has 4 nitrogen and oxygen atoms in total. The molecule has 1 aromatic carbocycles. The summed E-state index contributed by atoms with van der Waals surface area (Å²) in [5.74, 6) is -1.34. The van der Waals surface area contributed by atoms with E-state index in [1.807, 2.05) is 4.90 Å². The summed E-state index contributed by atoms with van der Waals surface area (Å²) in [5, 5.41) is 9.57. The third-order valence-electron chi connectivity index (χ3n) is 5.29. The van der Waals surface area contributed by atoms with Gasteiger partial charge in [-0.3, -0.25) is 0 Å². The zero-order valence-electron chi connectivity index (χ0n) is 14.3. The Balaban J connectivity index is 1.54. The first-order valence-electron chi connectivity index (χ1n) is 8.95. The van der Waals surface area contributed by atoms with Gasteiger partial charge in [0.25, 0.3) is 0 Å². The molecule has 0 spiro atoms. The lowest BCUT2D eigenvalue weighted by atomic mass is 9.98. The molecule has 2 aromatic rings. The van der Waals surface area contributed by atoms with E-state index in [1.54, 1.807) is 6.07 Å². The molecule has 26 heavy (non-hydrogen) atoms. The van der Waals surface area contributed by atoms with E-state index in [2.05, 4.69) is 4.98 Å². The Bertz CT molecular complexity index is 849. The standard InChI is InChI=1S/C20H20F2N2O2/c21-15-7-13(8-16(22)10-15)6-12-4-5-24(11-12)19-17(20(25)26)9-14-2-1-3-18(14)23-19/h7-10,12H,1-6,11H2,(H,25,26). The summed E-state index contributed by atoms with van der Waals surface area (Å²) >= 11 is 0. The van der Waals surface area contributed by atoms with Crippen molar-refractivity contribution in [2.75, 3.05) is 18.0 Å². The number of fused-ring (bicyclic) bond motifs is 1. The minimum absolute atomic E-state index is 0.216. The average Bonchev–Trinajstić information content (AvgIpc) is 3.20. The number of carboxylic acids is 1. The van der Waals surface area contributed by atoms with Crippen LogP contribution in [0.25, 0.3) is 0 Å². The van der Waals surface area contributed by atoms with Crippen LogP contribution in [0.15, 0.2) is 24.3 Å². The number of aryl methyl sites for hydroxylation is 2. The normalized spacial score (nSPS) is 19.0. The van der Waals surface area contributed by atoms with Gasteiger partial charge in [-0.2, -0.15) is 0 Å². The Kier molecular flexibility index (Phi) is 4.34. The smallest absolute Gasteiger partial charge is 0.339 e. The van der Waals surface area contributed by atoms with E-state index in [0.29, 0.717) is 30.9 Å². The van der Waals surface area contributed by atoms with Gasteiger partial charge in [-0.1, -0.05) is 0 Å². The molecule has 136 valence electrons. The highest BCUT2D eigenvalue weighted by Crippen LogP contribution is 2.31. The van der Waals surface area contributed by atoms with E-state index in [9.17, 15) is 18.7 Å². The van der Waals surface area contributed by atoms with E-state index in [4.69, 9.17) is 0 Å². The molecule has 1 saturated heterocycles. The van der Waals surface area contributed by atoms with Crippen molar-refractivity contribution in [3.63, 3.8) is 0 Å². The predicted octanol–water partition coefficient (Wildman–Crippen LogP) is 3.62. The number of aromatic nitrogens is 1. The second-order valence-corrected chi connectivity index (χ2v) is 7.21. The monoisotopic (exact) mass is 358 g/mol. The van der Waals surface area contributed by atoms with Gasteiger partial charge in [-0.05, 0) is 67.3 Å². The highest BCUT2D eigenvalue weighted by Gasteiger charge is 2.29. The summed E-state index contributed by atoms with van der Waals surface area (Å²) in [6.45, 7) is 1.35. The van der Waals surface area contributed by atoms with Crippen molar-refractivity contribution in [1.29, 1.82) is 0 Å². The van der Waals surface area contributed by atoms with Crippen LogP contribution in [0.3, 0.4) is 0 Å². The quantitative estimate of drug-likeness (QED) is 0.907. The lowest BCUT2D eigenvalue weighted by Gasteiger charge is -2.21. The zero-order chi connectivity index (χ0) is 18.3. The minimum atomic E-state index is -0.960. The van der Waals surface area contributed by atoms with Crippen LogP contribution < -0.4 is 4.90 Å². The van der Waals surface area contributed by atoms with Crippen LogP contribution in [-0.2, 0) is 19.3 Å². The van der Waals surface area contributed by atoms with Crippen LogP contribution in [0.5, 0.6) is 0 Å². The Morgan fingerprint density at radius 2 is 1.96 bits per heavy atom. The molecule has 6 heteroatoms. The topological polar surface area (TPSA) is 53.4 Å². The Morgan fingerprint density at radius 3 is 2.69 bits per heavy atom. The number of rotatable bonds is 4. The number of benzene rings is 1. The molecular formula is C20H20F2N2O2. The fraction of sp³-hybridized carbons (Fsp3) is 0.400.